The fourth-order valence-electron chi connectivity index (χ4n) is 3.48. The van der Waals surface area contributed by atoms with Crippen molar-refractivity contribution in [2.45, 2.75) is 46.7 Å². The van der Waals surface area contributed by atoms with Gasteiger partial charge in [-0.2, -0.15) is 0 Å². The fourth-order valence-corrected chi connectivity index (χ4v) is 3.48. The maximum atomic E-state index is 12.7. The predicted octanol–water partition coefficient (Wildman–Crippen LogP) is 3.09. The first kappa shape index (κ1) is 23.4. The molecule has 0 spiro atoms. The third-order valence-corrected chi connectivity index (χ3v) is 4.93. The Morgan fingerprint density at radius 1 is 1.20 bits per heavy atom. The molecule has 0 aromatic carbocycles. The summed E-state index contributed by atoms with van der Waals surface area (Å²) in [6.07, 6.45) is 1.38. The zero-order chi connectivity index (χ0) is 22.4. The molecule has 0 aliphatic carbocycles. The molecule has 2 heterocycles. The van der Waals surface area contributed by atoms with E-state index in [1.54, 1.807) is 33.1 Å². The van der Waals surface area contributed by atoms with Crippen molar-refractivity contribution >= 4 is 17.7 Å². The van der Waals surface area contributed by atoms with Gasteiger partial charge >= 0.3 is 5.97 Å². The largest absolute Gasteiger partial charge is 0.459 e. The van der Waals surface area contributed by atoms with E-state index in [1.165, 1.54) is 12.3 Å². The number of Topliss-reactive ketones (excluding diaryl/α,β-unsaturated/α-hetero) is 1. The van der Waals surface area contributed by atoms with Gasteiger partial charge in [0.15, 0.2) is 12.4 Å². The maximum absolute atomic E-state index is 12.7. The molecule has 164 valence electrons. The van der Waals surface area contributed by atoms with E-state index in [1.807, 2.05) is 25.3 Å². The average molecular weight is 418 g/mol. The molecule has 8 heteroatoms. The Hall–Kier alpha value is -2.87. The molecule has 0 fully saturated rings. The minimum absolute atomic E-state index is 0.0706. The van der Waals surface area contributed by atoms with Gasteiger partial charge in [-0.25, -0.2) is 4.79 Å². The molecule has 2 atom stereocenters. The van der Waals surface area contributed by atoms with Crippen LogP contribution in [0.5, 0.6) is 0 Å². The van der Waals surface area contributed by atoms with E-state index in [2.05, 4.69) is 5.32 Å². The number of ether oxygens (including phenoxy) is 2. The molecule has 0 bridgehead atoms. The number of rotatable bonds is 10. The summed E-state index contributed by atoms with van der Waals surface area (Å²) in [7, 11) is 1.63. The molecule has 0 aliphatic heterocycles. The molecule has 1 amide bonds. The summed E-state index contributed by atoms with van der Waals surface area (Å²) in [5, 5.41) is 2.60. The second-order valence-corrected chi connectivity index (χ2v) is 7.66. The Balaban J connectivity index is 2.04. The van der Waals surface area contributed by atoms with Gasteiger partial charge in [0.2, 0.25) is 5.78 Å². The molecular formula is C22H30N2O6. The van der Waals surface area contributed by atoms with Crippen LogP contribution in [0.3, 0.4) is 0 Å². The fraction of sp³-hybridized carbons (Fsp3) is 0.500. The molecule has 1 N–H and O–H groups in total. The zero-order valence-corrected chi connectivity index (χ0v) is 18.4. The van der Waals surface area contributed by atoms with Crippen molar-refractivity contribution in [3.05, 3.63) is 47.2 Å². The number of esters is 1. The highest BCUT2D eigenvalue weighted by atomic mass is 16.5. The van der Waals surface area contributed by atoms with Crippen molar-refractivity contribution in [3.8, 4) is 0 Å². The first-order chi connectivity index (χ1) is 14.2. The van der Waals surface area contributed by atoms with Gasteiger partial charge in [0.25, 0.3) is 5.91 Å². The highest BCUT2D eigenvalue weighted by Crippen LogP contribution is 2.21. The molecule has 1 unspecified atom stereocenters. The van der Waals surface area contributed by atoms with E-state index in [0.29, 0.717) is 12.2 Å². The third kappa shape index (κ3) is 5.38. The molecule has 8 nitrogen and oxygen atoms in total. The maximum Gasteiger partial charge on any atom is 0.329 e. The smallest absolute Gasteiger partial charge is 0.329 e. The first-order valence-electron chi connectivity index (χ1n) is 9.88. The van der Waals surface area contributed by atoms with Gasteiger partial charge in [-0.15, -0.1) is 0 Å². The number of aromatic nitrogens is 1. The van der Waals surface area contributed by atoms with Gasteiger partial charge in [-0.3, -0.25) is 9.59 Å². The van der Waals surface area contributed by atoms with Crippen molar-refractivity contribution in [2.24, 2.45) is 5.92 Å². The molecule has 0 radical (unpaired) electrons. The van der Waals surface area contributed by atoms with Gasteiger partial charge in [0.05, 0.1) is 18.9 Å². The van der Waals surface area contributed by atoms with Crippen LogP contribution in [-0.4, -0.2) is 48.6 Å². The third-order valence-electron chi connectivity index (χ3n) is 4.93. The number of aryl methyl sites for hydroxylation is 1. The lowest BCUT2D eigenvalue weighted by Crippen LogP contribution is -2.45. The molecule has 30 heavy (non-hydrogen) atoms. The summed E-state index contributed by atoms with van der Waals surface area (Å²) in [5.41, 5.74) is 2.23. The average Bonchev–Trinajstić information content (AvgIpc) is 3.32. The van der Waals surface area contributed by atoms with Crippen molar-refractivity contribution in [2.75, 3.05) is 20.3 Å². The number of hydrogen-bond acceptors (Lipinski definition) is 6. The lowest BCUT2D eigenvalue weighted by molar-refractivity contribution is -0.145. The molecule has 0 saturated carbocycles. The number of amides is 1. The van der Waals surface area contributed by atoms with Crippen molar-refractivity contribution in [3.63, 3.8) is 0 Å². The summed E-state index contributed by atoms with van der Waals surface area (Å²) in [4.78, 5) is 37.4. The second kappa shape index (κ2) is 10.2. The summed E-state index contributed by atoms with van der Waals surface area (Å²) < 4.78 is 17.5. The predicted molar refractivity (Wildman–Crippen MR) is 111 cm³/mol. The van der Waals surface area contributed by atoms with Gasteiger partial charge in [-0.05, 0) is 44.9 Å². The molecule has 0 saturated heterocycles. The molecular weight excluding hydrogens is 388 g/mol. The van der Waals surface area contributed by atoms with Crippen LogP contribution in [0.25, 0.3) is 0 Å². The quantitative estimate of drug-likeness (QED) is 0.470. The van der Waals surface area contributed by atoms with Crippen LogP contribution in [0.1, 0.15) is 59.1 Å². The molecule has 2 aromatic heterocycles. The minimum Gasteiger partial charge on any atom is -0.459 e. The normalized spacial score (nSPS) is 13.2. The molecule has 2 aromatic rings. The number of nitrogens with one attached hydrogen (secondary N) is 1. The minimum atomic E-state index is -0.899. The monoisotopic (exact) mass is 418 g/mol. The second-order valence-electron chi connectivity index (χ2n) is 7.66. The van der Waals surface area contributed by atoms with Crippen LogP contribution in [0.15, 0.2) is 28.9 Å². The van der Waals surface area contributed by atoms with Crippen molar-refractivity contribution < 1.29 is 28.3 Å². The molecule has 2 rings (SSSR count). The van der Waals surface area contributed by atoms with Crippen LogP contribution < -0.4 is 5.32 Å². The Labute approximate surface area is 176 Å². The summed E-state index contributed by atoms with van der Waals surface area (Å²) in [6, 6.07) is 4.05. The van der Waals surface area contributed by atoms with E-state index >= 15 is 0 Å². The number of carbonyl (C=O) groups is 3. The highest BCUT2D eigenvalue weighted by Gasteiger charge is 2.28. The SMILES string of the molecule is COCC(C)n1c(C)cc(C(=O)COC(=O)[C@@H](NC(=O)c2ccco2)C(C)C)c1C. The molecule has 0 aliphatic rings. The van der Waals surface area contributed by atoms with E-state index < -0.39 is 24.5 Å². The van der Waals surface area contributed by atoms with Crippen molar-refractivity contribution in [1.82, 2.24) is 9.88 Å². The number of methoxy groups -OCH3 is 1. The highest BCUT2D eigenvalue weighted by molar-refractivity contribution is 6.00. The van der Waals surface area contributed by atoms with Gasteiger partial charge in [0.1, 0.15) is 6.04 Å². The number of nitrogens with zero attached hydrogens (tertiary/aromatic N) is 1. The van der Waals surface area contributed by atoms with E-state index in [-0.39, 0.29) is 23.5 Å². The Morgan fingerprint density at radius 3 is 2.47 bits per heavy atom. The summed E-state index contributed by atoms with van der Waals surface area (Å²) >= 11 is 0. The van der Waals surface area contributed by atoms with Gasteiger partial charge in [0, 0.05) is 24.1 Å². The van der Waals surface area contributed by atoms with Crippen LogP contribution in [0.4, 0.5) is 0 Å². The topological polar surface area (TPSA) is 99.8 Å². The number of ketones is 1. The van der Waals surface area contributed by atoms with Crippen LogP contribution in [0, 0.1) is 19.8 Å². The van der Waals surface area contributed by atoms with Gasteiger partial charge < -0.3 is 23.8 Å². The number of hydrogen-bond donors (Lipinski definition) is 1. The van der Waals surface area contributed by atoms with E-state index in [9.17, 15) is 14.4 Å². The van der Waals surface area contributed by atoms with Crippen molar-refractivity contribution in [1.29, 1.82) is 0 Å². The standard InChI is InChI=1S/C22H30N2O6/c1-13(2)20(23-21(26)19-8-7-9-29-19)22(27)30-12-18(25)17-10-14(3)24(16(17)5)15(4)11-28-6/h7-10,13,15,20H,11-12H2,1-6H3,(H,23,26)/t15?,20-/m0/s1. The summed E-state index contributed by atoms with van der Waals surface area (Å²) in [5.74, 6) is -1.61. The number of carbonyl (C=O) groups excluding carboxylic acids is 3. The lowest BCUT2D eigenvalue weighted by atomic mass is 10.0. The van der Waals surface area contributed by atoms with E-state index in [4.69, 9.17) is 13.9 Å². The zero-order valence-electron chi connectivity index (χ0n) is 18.4. The Bertz CT molecular complexity index is 882. The Kier molecular flexibility index (Phi) is 8.00. The lowest BCUT2D eigenvalue weighted by Gasteiger charge is -2.20. The van der Waals surface area contributed by atoms with Gasteiger partial charge in [-0.1, -0.05) is 13.8 Å². The first-order valence-corrected chi connectivity index (χ1v) is 9.88. The van der Waals surface area contributed by atoms with Crippen LogP contribution in [0.2, 0.25) is 0 Å². The van der Waals surface area contributed by atoms with Crippen LogP contribution in [-0.2, 0) is 14.3 Å². The van der Waals surface area contributed by atoms with Crippen LogP contribution >= 0.6 is 0 Å². The van der Waals surface area contributed by atoms with E-state index in [0.717, 1.165) is 11.4 Å². The number of furan rings is 1. The Morgan fingerprint density at radius 2 is 1.90 bits per heavy atom. The summed E-state index contributed by atoms with van der Waals surface area (Å²) in [6.45, 7) is 9.45.